The SMILES string of the molecule is COC(=O)Nc1ncc(CN2CCOCC2)s1.Cl. The number of aromatic nitrogens is 1. The topological polar surface area (TPSA) is 63.7 Å². The molecule has 102 valence electrons. The van der Waals surface area contributed by atoms with Crippen molar-refractivity contribution in [3.63, 3.8) is 0 Å². The molecular formula is C10H16ClN3O3S. The highest BCUT2D eigenvalue weighted by Gasteiger charge is 2.13. The molecule has 1 aliphatic heterocycles. The van der Waals surface area contributed by atoms with Crippen molar-refractivity contribution in [2.45, 2.75) is 6.54 Å². The summed E-state index contributed by atoms with van der Waals surface area (Å²) < 4.78 is 9.79. The number of thiazole rings is 1. The summed E-state index contributed by atoms with van der Waals surface area (Å²) in [5.74, 6) is 0. The second-order valence-electron chi connectivity index (χ2n) is 3.64. The number of methoxy groups -OCH3 is 1. The van der Waals surface area contributed by atoms with Crippen LogP contribution in [-0.4, -0.2) is 49.4 Å². The third kappa shape index (κ3) is 4.41. The van der Waals surface area contributed by atoms with Crippen LogP contribution in [0, 0.1) is 0 Å². The van der Waals surface area contributed by atoms with Crippen molar-refractivity contribution in [3.8, 4) is 0 Å². The van der Waals surface area contributed by atoms with E-state index in [0.29, 0.717) is 5.13 Å². The zero-order valence-corrected chi connectivity index (χ0v) is 11.7. The summed E-state index contributed by atoms with van der Waals surface area (Å²) in [6.07, 6.45) is 1.29. The maximum absolute atomic E-state index is 11.0. The number of morpholine rings is 1. The number of halogens is 1. The minimum absolute atomic E-state index is 0. The second kappa shape index (κ2) is 7.52. The van der Waals surface area contributed by atoms with Gasteiger partial charge in [0.25, 0.3) is 0 Å². The van der Waals surface area contributed by atoms with Gasteiger partial charge in [-0.15, -0.1) is 23.7 Å². The van der Waals surface area contributed by atoms with Crippen LogP contribution in [0.15, 0.2) is 6.20 Å². The molecule has 2 heterocycles. The number of carbonyl (C=O) groups is 1. The molecule has 1 amide bonds. The van der Waals surface area contributed by atoms with Crippen molar-refractivity contribution >= 4 is 35.0 Å². The summed E-state index contributed by atoms with van der Waals surface area (Å²) in [5.41, 5.74) is 0. The summed E-state index contributed by atoms with van der Waals surface area (Å²) in [5, 5.41) is 3.12. The monoisotopic (exact) mass is 293 g/mol. The van der Waals surface area contributed by atoms with Crippen molar-refractivity contribution in [1.29, 1.82) is 0 Å². The van der Waals surface area contributed by atoms with E-state index in [-0.39, 0.29) is 12.4 Å². The van der Waals surface area contributed by atoms with Crippen LogP contribution in [-0.2, 0) is 16.0 Å². The summed E-state index contributed by atoms with van der Waals surface area (Å²) in [7, 11) is 1.33. The summed E-state index contributed by atoms with van der Waals surface area (Å²) in [4.78, 5) is 18.5. The van der Waals surface area contributed by atoms with Gasteiger partial charge in [0.05, 0.1) is 20.3 Å². The van der Waals surface area contributed by atoms with E-state index in [0.717, 1.165) is 37.7 Å². The van der Waals surface area contributed by atoms with Crippen molar-refractivity contribution < 1.29 is 14.3 Å². The molecule has 0 saturated carbocycles. The molecule has 0 bridgehead atoms. The van der Waals surface area contributed by atoms with Crippen LogP contribution in [0.25, 0.3) is 0 Å². The smallest absolute Gasteiger partial charge is 0.413 e. The van der Waals surface area contributed by atoms with Gasteiger partial charge in [0, 0.05) is 30.7 Å². The van der Waals surface area contributed by atoms with E-state index < -0.39 is 6.09 Å². The number of hydrogen-bond donors (Lipinski definition) is 1. The Morgan fingerprint density at radius 2 is 2.33 bits per heavy atom. The molecule has 8 heteroatoms. The van der Waals surface area contributed by atoms with E-state index >= 15 is 0 Å². The fourth-order valence-corrected chi connectivity index (χ4v) is 2.40. The quantitative estimate of drug-likeness (QED) is 0.916. The lowest BCUT2D eigenvalue weighted by molar-refractivity contribution is 0.0346. The molecule has 0 spiro atoms. The number of carbonyl (C=O) groups excluding carboxylic acids is 1. The second-order valence-corrected chi connectivity index (χ2v) is 4.75. The first-order valence-corrected chi connectivity index (χ1v) is 6.19. The number of anilines is 1. The minimum atomic E-state index is -0.489. The number of ether oxygens (including phenoxy) is 2. The Morgan fingerprint density at radius 1 is 1.61 bits per heavy atom. The predicted molar refractivity (Wildman–Crippen MR) is 71.5 cm³/mol. The number of hydrogen-bond acceptors (Lipinski definition) is 6. The Hall–Kier alpha value is -0.890. The molecule has 1 aliphatic rings. The van der Waals surface area contributed by atoms with E-state index in [4.69, 9.17) is 4.74 Å². The molecule has 2 rings (SSSR count). The van der Waals surface area contributed by atoms with Gasteiger partial charge in [0.1, 0.15) is 0 Å². The number of rotatable bonds is 3. The third-order valence-electron chi connectivity index (χ3n) is 2.43. The zero-order valence-electron chi connectivity index (χ0n) is 10.0. The zero-order chi connectivity index (χ0) is 12.1. The molecule has 1 saturated heterocycles. The van der Waals surface area contributed by atoms with E-state index in [2.05, 4.69) is 19.9 Å². The maximum Gasteiger partial charge on any atom is 0.413 e. The summed E-state index contributed by atoms with van der Waals surface area (Å²) in [6.45, 7) is 4.30. The van der Waals surface area contributed by atoms with Crippen LogP contribution < -0.4 is 5.32 Å². The van der Waals surface area contributed by atoms with Crippen molar-refractivity contribution in [2.24, 2.45) is 0 Å². The highest BCUT2D eigenvalue weighted by molar-refractivity contribution is 7.15. The summed E-state index contributed by atoms with van der Waals surface area (Å²) in [6, 6.07) is 0. The van der Waals surface area contributed by atoms with E-state index in [1.54, 1.807) is 6.20 Å². The van der Waals surface area contributed by atoms with Crippen LogP contribution in [0.2, 0.25) is 0 Å². The summed E-state index contributed by atoms with van der Waals surface area (Å²) >= 11 is 1.46. The largest absolute Gasteiger partial charge is 0.453 e. The van der Waals surface area contributed by atoms with Gasteiger partial charge in [-0.1, -0.05) is 0 Å². The first-order chi connectivity index (χ1) is 8.28. The average molecular weight is 294 g/mol. The predicted octanol–water partition coefficient (Wildman–Crippen LogP) is 1.58. The number of nitrogens with zero attached hydrogens (tertiary/aromatic N) is 2. The molecule has 0 atom stereocenters. The molecule has 1 aromatic heterocycles. The van der Waals surface area contributed by atoms with Gasteiger partial charge in [-0.25, -0.2) is 9.78 Å². The minimum Gasteiger partial charge on any atom is -0.453 e. The highest BCUT2D eigenvalue weighted by atomic mass is 35.5. The third-order valence-corrected chi connectivity index (χ3v) is 3.33. The highest BCUT2D eigenvalue weighted by Crippen LogP contribution is 2.20. The Labute approximate surface area is 116 Å². The number of nitrogens with one attached hydrogen (secondary N) is 1. The molecule has 18 heavy (non-hydrogen) atoms. The molecule has 0 aliphatic carbocycles. The number of amides is 1. The van der Waals surface area contributed by atoms with Crippen molar-refractivity contribution in [1.82, 2.24) is 9.88 Å². The first-order valence-electron chi connectivity index (χ1n) is 5.37. The molecule has 0 radical (unpaired) electrons. The van der Waals surface area contributed by atoms with Gasteiger partial charge < -0.3 is 9.47 Å². The van der Waals surface area contributed by atoms with Crippen LogP contribution >= 0.6 is 23.7 Å². The maximum atomic E-state index is 11.0. The van der Waals surface area contributed by atoms with Crippen LogP contribution in [0.1, 0.15) is 4.88 Å². The molecular weight excluding hydrogens is 278 g/mol. The van der Waals surface area contributed by atoms with Crippen LogP contribution in [0.4, 0.5) is 9.93 Å². The fourth-order valence-electron chi connectivity index (χ4n) is 1.56. The first kappa shape index (κ1) is 15.2. The Bertz CT molecular complexity index is 382. The Balaban J connectivity index is 0.00000162. The van der Waals surface area contributed by atoms with Gasteiger partial charge in [-0.05, 0) is 0 Å². The van der Waals surface area contributed by atoms with Gasteiger partial charge in [0.2, 0.25) is 0 Å². The molecule has 1 fully saturated rings. The van der Waals surface area contributed by atoms with Gasteiger partial charge in [-0.3, -0.25) is 10.2 Å². The van der Waals surface area contributed by atoms with E-state index in [9.17, 15) is 4.79 Å². The Morgan fingerprint density at radius 3 is 3.00 bits per heavy atom. The van der Waals surface area contributed by atoms with Crippen molar-refractivity contribution in [3.05, 3.63) is 11.1 Å². The van der Waals surface area contributed by atoms with E-state index in [1.807, 2.05) is 0 Å². The van der Waals surface area contributed by atoms with Crippen LogP contribution in [0.3, 0.4) is 0 Å². The lowest BCUT2D eigenvalue weighted by Crippen LogP contribution is -2.35. The van der Waals surface area contributed by atoms with Gasteiger partial charge >= 0.3 is 6.09 Å². The van der Waals surface area contributed by atoms with Crippen LogP contribution in [0.5, 0.6) is 0 Å². The average Bonchev–Trinajstić information content (AvgIpc) is 2.77. The van der Waals surface area contributed by atoms with Gasteiger partial charge in [-0.2, -0.15) is 0 Å². The van der Waals surface area contributed by atoms with Gasteiger partial charge in [0.15, 0.2) is 5.13 Å². The van der Waals surface area contributed by atoms with Crippen molar-refractivity contribution in [2.75, 3.05) is 38.7 Å². The lowest BCUT2D eigenvalue weighted by atomic mass is 10.4. The molecule has 0 aromatic carbocycles. The normalized spacial score (nSPS) is 15.8. The van der Waals surface area contributed by atoms with E-state index in [1.165, 1.54) is 18.4 Å². The lowest BCUT2D eigenvalue weighted by Gasteiger charge is -2.25. The molecule has 0 unspecified atom stereocenters. The Kier molecular flexibility index (Phi) is 6.34. The fraction of sp³-hybridized carbons (Fsp3) is 0.600. The molecule has 1 aromatic rings. The molecule has 6 nitrogen and oxygen atoms in total. The standard InChI is InChI=1S/C10H15N3O3S.ClH/c1-15-10(14)12-9-11-6-8(17-9)7-13-2-4-16-5-3-13;/h6H,2-5,7H2,1H3,(H,11,12,14);1H. The molecule has 1 N–H and O–H groups in total.